The quantitative estimate of drug-likeness (QED) is 0.483. The van der Waals surface area contributed by atoms with E-state index in [9.17, 15) is 0 Å². The largest absolute Gasteiger partial charge is 0.0591 e. The van der Waals surface area contributed by atoms with E-state index in [2.05, 4.69) is 38.1 Å². The van der Waals surface area contributed by atoms with Gasteiger partial charge in [-0.05, 0) is 13.8 Å². The van der Waals surface area contributed by atoms with Gasteiger partial charge in [0, 0.05) is 0 Å². The molecule has 0 aliphatic rings. The van der Waals surface area contributed by atoms with Crippen LogP contribution in [-0.4, -0.2) is 0 Å². The van der Waals surface area contributed by atoms with E-state index >= 15 is 0 Å². The van der Waals surface area contributed by atoms with Crippen LogP contribution >= 0.6 is 0 Å². The SMILES string of the molecule is C[13c]1[13cH][13cH][13c](C)[13cH][13cH]1. The number of aryl methyl sites for hydroxylation is 2. The first-order chi connectivity index (χ1) is 3.79. The molecule has 0 saturated carbocycles. The molecule has 0 aliphatic carbocycles. The lowest BCUT2D eigenvalue weighted by Gasteiger charge is -1.90. The smallest absolute Gasteiger partial charge is 0.0398 e. The van der Waals surface area contributed by atoms with Crippen molar-refractivity contribution in [2.75, 3.05) is 0 Å². The molecule has 1 aromatic carbocycles. The molecule has 0 nitrogen and oxygen atoms in total. The summed E-state index contributed by atoms with van der Waals surface area (Å²) in [6, 6.07) is 8.48. The Balaban J connectivity index is 3.03. The minimum Gasteiger partial charge on any atom is -0.0591 e. The van der Waals surface area contributed by atoms with Crippen molar-refractivity contribution < 1.29 is 0 Å². The topological polar surface area (TPSA) is 0 Å². The Labute approximate surface area is 50.2 Å². The molecule has 0 saturated heterocycles. The van der Waals surface area contributed by atoms with Crippen LogP contribution in [0.5, 0.6) is 0 Å². The molecule has 0 heteroatoms. The van der Waals surface area contributed by atoms with Crippen molar-refractivity contribution in [3.63, 3.8) is 0 Å². The molecule has 0 atom stereocenters. The van der Waals surface area contributed by atoms with Crippen LogP contribution in [0.3, 0.4) is 0 Å². The zero-order valence-corrected chi connectivity index (χ0v) is 5.31. The first-order valence-electron chi connectivity index (χ1n) is 2.82. The van der Waals surface area contributed by atoms with Crippen molar-refractivity contribution in [2.45, 2.75) is 13.8 Å². The number of rotatable bonds is 0. The second kappa shape index (κ2) is 1.99. The van der Waals surface area contributed by atoms with Crippen LogP contribution in [0.15, 0.2) is 24.3 Å². The maximum atomic E-state index is 2.12. The zero-order chi connectivity index (χ0) is 5.98. The third kappa shape index (κ3) is 1.09. The number of hydrogen-bond acceptors (Lipinski definition) is 0. The van der Waals surface area contributed by atoms with Gasteiger partial charge in [0.25, 0.3) is 0 Å². The maximum Gasteiger partial charge on any atom is -0.0398 e. The summed E-state index contributed by atoms with van der Waals surface area (Å²) in [6.45, 7) is 4.19. The number of hydrogen-bond donors (Lipinski definition) is 0. The molecule has 1 aromatic rings. The van der Waals surface area contributed by atoms with Crippen molar-refractivity contribution in [1.82, 2.24) is 0 Å². The standard InChI is InChI=1S/C8H10/c1-7-3-5-8(2)6-4-7/h3-6H,1-2H3/i3+1,4+1,5+1,6+1,7+1,8+1. The van der Waals surface area contributed by atoms with E-state index in [1.165, 1.54) is 11.1 Å². The van der Waals surface area contributed by atoms with Crippen LogP contribution in [-0.2, 0) is 0 Å². The minimum absolute atomic E-state index is 1.33. The second-order valence-electron chi connectivity index (χ2n) is 2.15. The van der Waals surface area contributed by atoms with Crippen molar-refractivity contribution in [3.8, 4) is 0 Å². The molecule has 0 aromatic heterocycles. The molecular weight excluding hydrogens is 102 g/mol. The minimum atomic E-state index is 1.33. The van der Waals surface area contributed by atoms with Gasteiger partial charge in [0.15, 0.2) is 0 Å². The van der Waals surface area contributed by atoms with Crippen LogP contribution in [0.1, 0.15) is 11.1 Å². The van der Waals surface area contributed by atoms with E-state index in [0.717, 1.165) is 0 Å². The Morgan fingerprint density at radius 3 is 1.25 bits per heavy atom. The monoisotopic (exact) mass is 112 g/mol. The molecule has 0 radical (unpaired) electrons. The summed E-state index contributed by atoms with van der Waals surface area (Å²) in [5, 5.41) is 0. The molecule has 0 fully saturated rings. The summed E-state index contributed by atoms with van der Waals surface area (Å²) in [5.41, 5.74) is 2.66. The van der Waals surface area contributed by atoms with Crippen molar-refractivity contribution in [3.05, 3.63) is 35.4 Å². The van der Waals surface area contributed by atoms with Gasteiger partial charge in [0.1, 0.15) is 0 Å². The van der Waals surface area contributed by atoms with E-state index in [0.29, 0.717) is 0 Å². The normalized spacial score (nSPS) is 9.25. The van der Waals surface area contributed by atoms with Gasteiger partial charge in [-0.15, -0.1) is 0 Å². The van der Waals surface area contributed by atoms with Crippen molar-refractivity contribution in [2.24, 2.45) is 0 Å². The molecule has 0 aliphatic heterocycles. The molecule has 42 valence electrons. The highest BCUT2D eigenvalue weighted by molar-refractivity contribution is 5.19. The van der Waals surface area contributed by atoms with Gasteiger partial charge < -0.3 is 0 Å². The highest BCUT2D eigenvalue weighted by atomic mass is 14.8. The summed E-state index contributed by atoms with van der Waals surface area (Å²) >= 11 is 0. The molecule has 8 heavy (non-hydrogen) atoms. The van der Waals surface area contributed by atoms with Crippen LogP contribution in [0.25, 0.3) is 0 Å². The molecule has 0 N–H and O–H groups in total. The first kappa shape index (κ1) is 5.36. The summed E-state index contributed by atoms with van der Waals surface area (Å²) in [7, 11) is 0. The van der Waals surface area contributed by atoms with Crippen molar-refractivity contribution >= 4 is 0 Å². The third-order valence-electron chi connectivity index (χ3n) is 1.22. The maximum absolute atomic E-state index is 2.12. The lowest BCUT2D eigenvalue weighted by molar-refractivity contribution is 1.40. The van der Waals surface area contributed by atoms with Crippen LogP contribution in [0, 0.1) is 13.8 Å². The first-order valence-corrected chi connectivity index (χ1v) is 2.82. The average molecular weight is 112 g/mol. The predicted octanol–water partition coefficient (Wildman–Crippen LogP) is 2.30. The summed E-state index contributed by atoms with van der Waals surface area (Å²) in [6.07, 6.45) is 0. The van der Waals surface area contributed by atoms with E-state index in [4.69, 9.17) is 0 Å². The van der Waals surface area contributed by atoms with Gasteiger partial charge in [-0.25, -0.2) is 0 Å². The van der Waals surface area contributed by atoms with Crippen LogP contribution in [0.4, 0.5) is 0 Å². The molecule has 0 amide bonds. The molecule has 0 unspecified atom stereocenters. The Morgan fingerprint density at radius 1 is 0.750 bits per heavy atom. The van der Waals surface area contributed by atoms with Gasteiger partial charge in [-0.2, -0.15) is 0 Å². The fourth-order valence-electron chi connectivity index (χ4n) is 0.637. The molecule has 0 spiro atoms. The Morgan fingerprint density at radius 2 is 1.00 bits per heavy atom. The predicted molar refractivity (Wildman–Crippen MR) is 35.9 cm³/mol. The number of benzene rings is 1. The summed E-state index contributed by atoms with van der Waals surface area (Å²) < 4.78 is 0. The lowest BCUT2D eigenvalue weighted by Crippen LogP contribution is -1.70. The van der Waals surface area contributed by atoms with Crippen LogP contribution < -0.4 is 0 Å². The van der Waals surface area contributed by atoms with E-state index in [-0.39, 0.29) is 0 Å². The molecule has 0 bridgehead atoms. The second-order valence-corrected chi connectivity index (χ2v) is 2.15. The van der Waals surface area contributed by atoms with Gasteiger partial charge in [0.05, 0.1) is 0 Å². The lowest BCUT2D eigenvalue weighted by atomic mass is 11.0. The highest BCUT2D eigenvalue weighted by Crippen LogP contribution is 1.99. The van der Waals surface area contributed by atoms with Gasteiger partial charge in [-0.1, -0.05) is 35.4 Å². The summed E-state index contributed by atoms with van der Waals surface area (Å²) in [5.74, 6) is 0. The van der Waals surface area contributed by atoms with Crippen LogP contribution in [0.2, 0.25) is 0 Å². The fourth-order valence-corrected chi connectivity index (χ4v) is 0.637. The molecule has 0 heterocycles. The third-order valence-corrected chi connectivity index (χ3v) is 1.22. The molecular formula is C8H10. The molecule has 1 rings (SSSR count). The van der Waals surface area contributed by atoms with Gasteiger partial charge >= 0.3 is 0 Å². The van der Waals surface area contributed by atoms with E-state index in [1.54, 1.807) is 0 Å². The fraction of sp³-hybridized carbons (Fsp3) is 0.250. The zero-order valence-electron chi connectivity index (χ0n) is 5.31. The van der Waals surface area contributed by atoms with E-state index < -0.39 is 0 Å². The van der Waals surface area contributed by atoms with E-state index in [1.807, 2.05) is 0 Å². The average Bonchev–Trinajstić information content (AvgIpc) is 1.77. The Kier molecular flexibility index (Phi) is 1.34. The van der Waals surface area contributed by atoms with Gasteiger partial charge in [0.2, 0.25) is 0 Å². The Hall–Kier alpha value is -0.780. The summed E-state index contributed by atoms with van der Waals surface area (Å²) in [4.78, 5) is 0. The van der Waals surface area contributed by atoms with Gasteiger partial charge in [-0.3, -0.25) is 0 Å². The Bertz CT molecular complexity index is 139. The highest BCUT2D eigenvalue weighted by Gasteiger charge is 1.79. The van der Waals surface area contributed by atoms with Crippen molar-refractivity contribution in [1.29, 1.82) is 0 Å².